The maximum absolute atomic E-state index is 4.53. The van der Waals surface area contributed by atoms with Gasteiger partial charge in [0, 0.05) is 33.8 Å². The van der Waals surface area contributed by atoms with Crippen molar-refractivity contribution in [3.63, 3.8) is 0 Å². The average molecular weight is 579 g/mol. The lowest BCUT2D eigenvalue weighted by atomic mass is 9.91. The van der Waals surface area contributed by atoms with E-state index in [2.05, 4.69) is 168 Å². The van der Waals surface area contributed by atoms with Crippen LogP contribution in [0.1, 0.15) is 12.5 Å². The van der Waals surface area contributed by atoms with Crippen molar-refractivity contribution >= 4 is 34.0 Å². The van der Waals surface area contributed by atoms with Crippen LogP contribution in [0.2, 0.25) is 0 Å². The first kappa shape index (κ1) is 27.9. The van der Waals surface area contributed by atoms with Crippen LogP contribution in [0.5, 0.6) is 0 Å². The maximum Gasteiger partial charge on any atom is 0.0561 e. The van der Waals surface area contributed by atoms with Crippen molar-refractivity contribution in [3.8, 4) is 33.4 Å². The van der Waals surface area contributed by atoms with Gasteiger partial charge in [0.1, 0.15) is 0 Å². The Balaban J connectivity index is 1.47. The van der Waals surface area contributed by atoms with E-state index < -0.39 is 0 Å². The molecule has 2 nitrogen and oxygen atoms in total. The normalized spacial score (nSPS) is 12.0. The number of nitrogens with zero attached hydrogens (tertiary/aromatic N) is 1. The fourth-order valence-corrected chi connectivity index (χ4v) is 6.13. The molecule has 1 N–H and O–H groups in total. The quantitative estimate of drug-likeness (QED) is 0.189. The number of benzene rings is 6. The first-order valence-corrected chi connectivity index (χ1v) is 15.3. The van der Waals surface area contributed by atoms with Gasteiger partial charge in [-0.1, -0.05) is 134 Å². The second-order valence-electron chi connectivity index (χ2n) is 11.1. The Hall–Kier alpha value is -5.86. The summed E-state index contributed by atoms with van der Waals surface area (Å²) in [7, 11) is 0. The van der Waals surface area contributed by atoms with Gasteiger partial charge < -0.3 is 10.2 Å². The Morgan fingerprint density at radius 3 is 1.98 bits per heavy atom. The van der Waals surface area contributed by atoms with Gasteiger partial charge in [-0.15, -0.1) is 0 Å². The molecule has 0 radical (unpaired) electrons. The molecule has 0 aliphatic carbocycles. The van der Waals surface area contributed by atoms with Crippen molar-refractivity contribution in [2.24, 2.45) is 0 Å². The minimum atomic E-state index is 0.933. The van der Waals surface area contributed by atoms with Crippen LogP contribution in [0, 0.1) is 0 Å². The zero-order chi connectivity index (χ0) is 30.6. The van der Waals surface area contributed by atoms with Gasteiger partial charge in [0.15, 0.2) is 0 Å². The molecule has 0 fully saturated rings. The minimum Gasteiger partial charge on any atom is -0.355 e. The van der Waals surface area contributed by atoms with E-state index in [1.807, 2.05) is 25.2 Å². The van der Waals surface area contributed by atoms with Crippen molar-refractivity contribution in [2.75, 3.05) is 10.2 Å². The Bertz CT molecular complexity index is 2050. The number of rotatable bonds is 7. The smallest absolute Gasteiger partial charge is 0.0561 e. The van der Waals surface area contributed by atoms with E-state index in [1.54, 1.807) is 0 Å². The minimum absolute atomic E-state index is 0.933. The number of para-hydroxylation sites is 2. The van der Waals surface area contributed by atoms with Crippen LogP contribution >= 0.6 is 0 Å². The zero-order valence-corrected chi connectivity index (χ0v) is 25.3. The third kappa shape index (κ3) is 5.50. The van der Waals surface area contributed by atoms with Gasteiger partial charge in [-0.2, -0.15) is 0 Å². The maximum atomic E-state index is 4.53. The molecule has 0 atom stereocenters. The molecule has 216 valence electrons. The molecule has 0 saturated carbocycles. The summed E-state index contributed by atoms with van der Waals surface area (Å²) >= 11 is 0. The van der Waals surface area contributed by atoms with E-state index in [0.717, 1.165) is 50.7 Å². The highest BCUT2D eigenvalue weighted by molar-refractivity contribution is 6.05. The molecule has 1 heterocycles. The van der Waals surface area contributed by atoms with Gasteiger partial charge in [0.2, 0.25) is 0 Å². The molecule has 1 aliphatic rings. The van der Waals surface area contributed by atoms with Crippen LogP contribution < -0.4 is 10.2 Å². The molecule has 6 aromatic carbocycles. The summed E-state index contributed by atoms with van der Waals surface area (Å²) in [6.07, 6.45) is 8.20. The number of fused-ring (bicyclic) bond motifs is 5. The topological polar surface area (TPSA) is 15.3 Å². The summed E-state index contributed by atoms with van der Waals surface area (Å²) in [5.41, 5.74) is 14.5. The van der Waals surface area contributed by atoms with Crippen molar-refractivity contribution in [2.45, 2.75) is 6.92 Å². The van der Waals surface area contributed by atoms with Crippen LogP contribution in [-0.4, -0.2) is 0 Å². The molecule has 0 unspecified atom stereocenters. The molecule has 0 amide bonds. The van der Waals surface area contributed by atoms with E-state index in [4.69, 9.17) is 0 Å². The third-order valence-electron chi connectivity index (χ3n) is 8.24. The van der Waals surface area contributed by atoms with Crippen LogP contribution in [-0.2, 0) is 0 Å². The SMILES string of the molecule is C=C(/C=C\C=C/C)c1cc2c(cc1Nc1cccc(-c3ccccc3)c1)N(c1ccccc1)c1ccccc1-c1ccccc1-2. The standard InChI is InChI=1S/C43H34N2/c1-3-4-7-17-31(2)39-29-40-37-25-13-12-24-36(37)38-26-14-15-27-42(38)45(35-22-10-6-11-23-35)43(40)30-41(39)44-34-21-16-20-33(28-34)32-18-8-5-9-19-32/h3-30,44H,2H2,1H3/b4-3-,17-7-. The summed E-state index contributed by atoms with van der Waals surface area (Å²) in [4.78, 5) is 2.39. The summed E-state index contributed by atoms with van der Waals surface area (Å²) in [5, 5.41) is 3.81. The molecule has 2 heteroatoms. The van der Waals surface area contributed by atoms with Crippen molar-refractivity contribution in [3.05, 3.63) is 182 Å². The van der Waals surface area contributed by atoms with E-state index >= 15 is 0 Å². The highest BCUT2D eigenvalue weighted by atomic mass is 15.2. The van der Waals surface area contributed by atoms with Gasteiger partial charge in [0.05, 0.1) is 11.4 Å². The molecular weight excluding hydrogens is 544 g/mol. The summed E-state index contributed by atoms with van der Waals surface area (Å²) in [6.45, 7) is 6.56. The van der Waals surface area contributed by atoms with Gasteiger partial charge in [0.25, 0.3) is 0 Å². The summed E-state index contributed by atoms with van der Waals surface area (Å²) in [5.74, 6) is 0. The Morgan fingerprint density at radius 1 is 0.578 bits per heavy atom. The highest BCUT2D eigenvalue weighted by Crippen LogP contribution is 2.52. The molecular formula is C43H34N2. The number of hydrogen-bond acceptors (Lipinski definition) is 2. The van der Waals surface area contributed by atoms with Crippen LogP contribution in [0.3, 0.4) is 0 Å². The lowest BCUT2D eigenvalue weighted by Gasteiger charge is -2.28. The zero-order valence-electron chi connectivity index (χ0n) is 25.3. The lowest BCUT2D eigenvalue weighted by Crippen LogP contribution is -2.11. The van der Waals surface area contributed by atoms with Gasteiger partial charge >= 0.3 is 0 Å². The molecule has 0 bridgehead atoms. The van der Waals surface area contributed by atoms with E-state index in [0.29, 0.717) is 0 Å². The van der Waals surface area contributed by atoms with E-state index in [-0.39, 0.29) is 0 Å². The predicted molar refractivity (Wildman–Crippen MR) is 194 cm³/mol. The van der Waals surface area contributed by atoms with Crippen LogP contribution in [0.4, 0.5) is 28.4 Å². The monoisotopic (exact) mass is 578 g/mol. The molecule has 45 heavy (non-hydrogen) atoms. The largest absolute Gasteiger partial charge is 0.355 e. The molecule has 0 spiro atoms. The molecule has 0 aromatic heterocycles. The molecule has 0 saturated heterocycles. The van der Waals surface area contributed by atoms with Gasteiger partial charge in [-0.25, -0.2) is 0 Å². The third-order valence-corrected chi connectivity index (χ3v) is 8.24. The Morgan fingerprint density at radius 2 is 1.22 bits per heavy atom. The van der Waals surface area contributed by atoms with Crippen molar-refractivity contribution in [1.29, 1.82) is 0 Å². The van der Waals surface area contributed by atoms with E-state index in [1.165, 1.54) is 22.3 Å². The average Bonchev–Trinajstić information content (AvgIpc) is 3.21. The Labute approximate surface area is 266 Å². The highest BCUT2D eigenvalue weighted by Gasteiger charge is 2.27. The first-order chi connectivity index (χ1) is 22.2. The number of hydrogen-bond donors (Lipinski definition) is 1. The second-order valence-corrected chi connectivity index (χ2v) is 11.1. The lowest BCUT2D eigenvalue weighted by molar-refractivity contribution is 1.29. The fraction of sp³-hybridized carbons (Fsp3) is 0.0233. The number of nitrogens with one attached hydrogen (secondary N) is 1. The predicted octanol–water partition coefficient (Wildman–Crippen LogP) is 12.4. The molecule has 6 aromatic rings. The van der Waals surface area contributed by atoms with Crippen molar-refractivity contribution < 1.29 is 0 Å². The second kappa shape index (κ2) is 12.4. The van der Waals surface area contributed by atoms with E-state index in [9.17, 15) is 0 Å². The molecule has 7 rings (SSSR count). The number of anilines is 5. The summed E-state index contributed by atoms with van der Waals surface area (Å²) < 4.78 is 0. The van der Waals surface area contributed by atoms with Gasteiger partial charge in [-0.3, -0.25) is 0 Å². The van der Waals surface area contributed by atoms with Crippen molar-refractivity contribution in [1.82, 2.24) is 0 Å². The molecule has 1 aliphatic heterocycles. The number of allylic oxidation sites excluding steroid dienone is 5. The Kier molecular flexibility index (Phi) is 7.70. The summed E-state index contributed by atoms with van der Waals surface area (Å²) in [6, 6.07) is 51.8. The van der Waals surface area contributed by atoms with Crippen LogP contribution in [0.15, 0.2) is 176 Å². The van der Waals surface area contributed by atoms with Crippen LogP contribution in [0.25, 0.3) is 39.0 Å². The fourth-order valence-electron chi connectivity index (χ4n) is 6.13. The van der Waals surface area contributed by atoms with Gasteiger partial charge in [-0.05, 0) is 77.2 Å². The first-order valence-electron chi connectivity index (χ1n) is 15.3.